The van der Waals surface area contributed by atoms with Crippen LogP contribution in [0.1, 0.15) is 15.9 Å². The van der Waals surface area contributed by atoms with E-state index in [1.165, 1.54) is 12.4 Å². The molecule has 1 amide bonds. The number of anilines is 1. The van der Waals surface area contributed by atoms with Gasteiger partial charge in [-0.2, -0.15) is 10.2 Å². The second-order valence-corrected chi connectivity index (χ2v) is 3.97. The highest BCUT2D eigenvalue weighted by molar-refractivity contribution is 7.80. The Bertz CT molecular complexity index is 586. The van der Waals surface area contributed by atoms with Crippen molar-refractivity contribution < 1.29 is 4.79 Å². The third kappa shape index (κ3) is 2.86. The zero-order chi connectivity index (χ0) is 13.0. The Kier molecular flexibility index (Phi) is 3.59. The monoisotopic (exact) mass is 258 g/mol. The fraction of sp³-hybridized carbons (Fsp3) is 0. The van der Waals surface area contributed by atoms with Crippen LogP contribution in [0.3, 0.4) is 0 Å². The molecule has 0 saturated carbocycles. The van der Waals surface area contributed by atoms with E-state index in [1.807, 2.05) is 0 Å². The van der Waals surface area contributed by atoms with Crippen molar-refractivity contribution in [3.63, 3.8) is 0 Å². The van der Waals surface area contributed by atoms with Gasteiger partial charge >= 0.3 is 0 Å². The molecular weight excluding hydrogens is 248 g/mol. The van der Waals surface area contributed by atoms with Gasteiger partial charge in [-0.3, -0.25) is 4.79 Å². The smallest absolute Gasteiger partial charge is 0.257 e. The molecule has 0 aliphatic carbocycles. The molecule has 1 aromatic heterocycles. The second kappa shape index (κ2) is 5.33. The van der Waals surface area contributed by atoms with Crippen molar-refractivity contribution >= 4 is 28.8 Å². The summed E-state index contributed by atoms with van der Waals surface area (Å²) < 4.78 is 0. The van der Waals surface area contributed by atoms with Gasteiger partial charge in [-0.25, -0.2) is 0 Å². The van der Waals surface area contributed by atoms with E-state index in [9.17, 15) is 4.79 Å². The van der Waals surface area contributed by atoms with Gasteiger partial charge in [-0.05, 0) is 18.2 Å². The summed E-state index contributed by atoms with van der Waals surface area (Å²) in [5.74, 6) is -0.259. The van der Waals surface area contributed by atoms with E-state index in [0.717, 1.165) is 0 Å². The van der Waals surface area contributed by atoms with Gasteiger partial charge < -0.3 is 11.1 Å². The predicted octanol–water partition coefficient (Wildman–Crippen LogP) is 1.36. The lowest BCUT2D eigenvalue weighted by molar-refractivity contribution is 0.102. The van der Waals surface area contributed by atoms with Crippen molar-refractivity contribution in [3.8, 4) is 0 Å². The average molecular weight is 258 g/mol. The first-order valence-electron chi connectivity index (χ1n) is 5.15. The zero-order valence-corrected chi connectivity index (χ0v) is 10.1. The molecule has 5 nitrogen and oxygen atoms in total. The molecule has 0 fully saturated rings. The Morgan fingerprint density at radius 1 is 1.22 bits per heavy atom. The minimum Gasteiger partial charge on any atom is -0.389 e. The first-order valence-corrected chi connectivity index (χ1v) is 5.55. The van der Waals surface area contributed by atoms with Gasteiger partial charge in [0.15, 0.2) is 0 Å². The summed E-state index contributed by atoms with van der Waals surface area (Å²) in [4.78, 5) is 12.1. The molecule has 18 heavy (non-hydrogen) atoms. The fourth-order valence-corrected chi connectivity index (χ4v) is 1.51. The maximum atomic E-state index is 11.9. The number of aromatic nitrogens is 2. The quantitative estimate of drug-likeness (QED) is 0.812. The largest absolute Gasteiger partial charge is 0.389 e. The van der Waals surface area contributed by atoms with Crippen LogP contribution in [0.4, 0.5) is 5.69 Å². The normalized spacial score (nSPS) is 9.78. The van der Waals surface area contributed by atoms with Crippen LogP contribution >= 0.6 is 12.2 Å². The zero-order valence-electron chi connectivity index (χ0n) is 9.33. The predicted molar refractivity (Wildman–Crippen MR) is 72.3 cm³/mol. The molecular formula is C12H10N4OS. The van der Waals surface area contributed by atoms with E-state index >= 15 is 0 Å². The van der Waals surface area contributed by atoms with Crippen LogP contribution in [0, 0.1) is 0 Å². The lowest BCUT2D eigenvalue weighted by atomic mass is 10.2. The molecule has 2 aromatic rings. The topological polar surface area (TPSA) is 80.9 Å². The van der Waals surface area contributed by atoms with Gasteiger partial charge in [0.2, 0.25) is 0 Å². The lowest BCUT2D eigenvalue weighted by Crippen LogP contribution is -2.14. The Morgan fingerprint density at radius 3 is 2.72 bits per heavy atom. The SMILES string of the molecule is NC(=S)c1cccc(NC(=O)c2ccnnc2)c1. The molecule has 0 unspecified atom stereocenters. The number of thiocarbonyl (C=S) groups is 1. The number of benzene rings is 1. The summed E-state index contributed by atoms with van der Waals surface area (Å²) in [6.45, 7) is 0. The number of nitrogens with two attached hydrogens (primary N) is 1. The molecule has 2 rings (SSSR count). The van der Waals surface area contributed by atoms with Gasteiger partial charge in [0.1, 0.15) is 4.99 Å². The van der Waals surface area contributed by atoms with E-state index in [2.05, 4.69) is 15.5 Å². The van der Waals surface area contributed by atoms with Gasteiger partial charge in [0, 0.05) is 11.3 Å². The van der Waals surface area contributed by atoms with E-state index < -0.39 is 0 Å². The van der Waals surface area contributed by atoms with Crippen molar-refractivity contribution in [2.24, 2.45) is 5.73 Å². The van der Waals surface area contributed by atoms with Crippen molar-refractivity contribution in [2.75, 3.05) is 5.32 Å². The van der Waals surface area contributed by atoms with Crippen LogP contribution < -0.4 is 11.1 Å². The molecule has 6 heteroatoms. The molecule has 0 aliphatic heterocycles. The Labute approximate surface area is 109 Å². The molecule has 1 heterocycles. The molecule has 90 valence electrons. The molecule has 0 aliphatic rings. The Hall–Kier alpha value is -2.34. The number of nitrogens with zero attached hydrogens (tertiary/aromatic N) is 2. The number of carbonyl (C=O) groups is 1. The van der Waals surface area contributed by atoms with E-state index in [0.29, 0.717) is 16.8 Å². The first kappa shape index (κ1) is 12.1. The summed E-state index contributed by atoms with van der Waals surface area (Å²) in [5.41, 5.74) is 7.29. The van der Waals surface area contributed by atoms with Gasteiger partial charge in [-0.1, -0.05) is 24.4 Å². The fourth-order valence-electron chi connectivity index (χ4n) is 1.38. The first-order chi connectivity index (χ1) is 8.66. The summed E-state index contributed by atoms with van der Waals surface area (Å²) in [5, 5.41) is 9.98. The Morgan fingerprint density at radius 2 is 2.06 bits per heavy atom. The van der Waals surface area contributed by atoms with Crippen molar-refractivity contribution in [1.82, 2.24) is 10.2 Å². The Balaban J connectivity index is 2.17. The van der Waals surface area contributed by atoms with E-state index in [1.54, 1.807) is 30.3 Å². The van der Waals surface area contributed by atoms with E-state index in [4.69, 9.17) is 18.0 Å². The van der Waals surface area contributed by atoms with Crippen LogP contribution in [-0.2, 0) is 0 Å². The number of hydrogen-bond acceptors (Lipinski definition) is 4. The molecule has 0 saturated heterocycles. The summed E-state index contributed by atoms with van der Waals surface area (Å²) >= 11 is 4.88. The minimum atomic E-state index is -0.259. The number of rotatable bonds is 3. The number of hydrogen-bond donors (Lipinski definition) is 2. The third-order valence-corrected chi connectivity index (χ3v) is 2.49. The molecule has 0 spiro atoms. The standard InChI is InChI=1S/C12H10N4OS/c13-11(18)8-2-1-3-10(6-8)16-12(17)9-4-5-14-15-7-9/h1-7H,(H2,13,18)(H,16,17). The van der Waals surface area contributed by atoms with Crippen LogP contribution in [-0.4, -0.2) is 21.1 Å². The van der Waals surface area contributed by atoms with Crippen LogP contribution in [0.5, 0.6) is 0 Å². The summed E-state index contributed by atoms with van der Waals surface area (Å²) in [6, 6.07) is 8.61. The second-order valence-electron chi connectivity index (χ2n) is 3.53. The number of carbonyl (C=O) groups excluding carboxylic acids is 1. The maximum absolute atomic E-state index is 11.9. The minimum absolute atomic E-state index is 0.259. The van der Waals surface area contributed by atoms with Crippen LogP contribution in [0.15, 0.2) is 42.7 Å². The van der Waals surface area contributed by atoms with Gasteiger partial charge in [-0.15, -0.1) is 0 Å². The van der Waals surface area contributed by atoms with Crippen molar-refractivity contribution in [3.05, 3.63) is 53.9 Å². The van der Waals surface area contributed by atoms with Crippen LogP contribution in [0.25, 0.3) is 0 Å². The summed E-state index contributed by atoms with van der Waals surface area (Å²) in [6.07, 6.45) is 2.85. The van der Waals surface area contributed by atoms with E-state index in [-0.39, 0.29) is 10.9 Å². The third-order valence-electron chi connectivity index (χ3n) is 2.25. The number of nitrogens with one attached hydrogen (secondary N) is 1. The lowest BCUT2D eigenvalue weighted by Gasteiger charge is -2.06. The molecule has 0 radical (unpaired) electrons. The van der Waals surface area contributed by atoms with Crippen LogP contribution in [0.2, 0.25) is 0 Å². The molecule has 3 N–H and O–H groups in total. The average Bonchev–Trinajstić information content (AvgIpc) is 2.40. The molecule has 1 aromatic carbocycles. The van der Waals surface area contributed by atoms with Crippen molar-refractivity contribution in [2.45, 2.75) is 0 Å². The maximum Gasteiger partial charge on any atom is 0.257 e. The molecule has 0 bridgehead atoms. The molecule has 0 atom stereocenters. The number of amides is 1. The van der Waals surface area contributed by atoms with Gasteiger partial charge in [0.05, 0.1) is 18.0 Å². The van der Waals surface area contributed by atoms with Gasteiger partial charge in [0.25, 0.3) is 5.91 Å². The summed E-state index contributed by atoms with van der Waals surface area (Å²) in [7, 11) is 0. The highest BCUT2D eigenvalue weighted by Crippen LogP contribution is 2.11. The highest BCUT2D eigenvalue weighted by Gasteiger charge is 2.06. The van der Waals surface area contributed by atoms with Crippen molar-refractivity contribution in [1.29, 1.82) is 0 Å². The highest BCUT2D eigenvalue weighted by atomic mass is 32.1.